The molecule has 0 aliphatic rings. The molecule has 8 nitrogen and oxygen atoms in total. The summed E-state index contributed by atoms with van der Waals surface area (Å²) >= 11 is 0. The Hall–Kier alpha value is -3.68. The number of hydrogen-bond acceptors (Lipinski definition) is 7. The van der Waals surface area contributed by atoms with E-state index in [1.807, 2.05) is 13.8 Å². The Morgan fingerprint density at radius 1 is 1.13 bits per heavy atom. The highest BCUT2D eigenvalue weighted by atomic mass is 16.6. The van der Waals surface area contributed by atoms with Crippen LogP contribution in [0.1, 0.15) is 41.5 Å². The molecule has 3 rings (SSSR count). The molecule has 0 atom stereocenters. The summed E-state index contributed by atoms with van der Waals surface area (Å²) in [5, 5.41) is 5.10. The number of aromatic nitrogens is 3. The molecule has 0 N–H and O–H groups in total. The van der Waals surface area contributed by atoms with Crippen LogP contribution in [0.25, 0.3) is 17.1 Å². The zero-order valence-electron chi connectivity index (χ0n) is 17.5. The first-order valence-corrected chi connectivity index (χ1v) is 9.35. The SMILES string of the molecule is COC(=O)/C=C/c1ccc(OC(=O)c2cc3cnn(C(C)C)c3nc2C)c(OC)c1. The first-order chi connectivity index (χ1) is 14.3. The molecule has 30 heavy (non-hydrogen) atoms. The summed E-state index contributed by atoms with van der Waals surface area (Å²) in [4.78, 5) is 28.6. The minimum atomic E-state index is -0.546. The third-order valence-electron chi connectivity index (χ3n) is 4.47. The predicted octanol–water partition coefficient (Wildman–Crippen LogP) is 3.73. The average molecular weight is 409 g/mol. The molecule has 0 spiro atoms. The second-order valence-corrected chi connectivity index (χ2v) is 6.87. The molecule has 1 aromatic carbocycles. The normalized spacial score (nSPS) is 11.3. The third kappa shape index (κ3) is 4.32. The molecular weight excluding hydrogens is 386 g/mol. The number of esters is 2. The smallest absolute Gasteiger partial charge is 0.345 e. The second-order valence-electron chi connectivity index (χ2n) is 6.87. The van der Waals surface area contributed by atoms with Crippen molar-refractivity contribution in [1.82, 2.24) is 14.8 Å². The molecule has 0 amide bonds. The Kier molecular flexibility index (Phi) is 6.15. The fraction of sp³-hybridized carbons (Fsp3) is 0.273. The van der Waals surface area contributed by atoms with Crippen LogP contribution in [0.15, 0.2) is 36.5 Å². The van der Waals surface area contributed by atoms with E-state index in [9.17, 15) is 9.59 Å². The van der Waals surface area contributed by atoms with Gasteiger partial charge in [0.15, 0.2) is 17.1 Å². The number of rotatable bonds is 6. The number of hydrogen-bond donors (Lipinski definition) is 0. The van der Waals surface area contributed by atoms with E-state index in [-0.39, 0.29) is 11.8 Å². The van der Waals surface area contributed by atoms with Crippen LogP contribution < -0.4 is 9.47 Å². The Bertz CT molecular complexity index is 1130. The molecule has 0 bridgehead atoms. The number of pyridine rings is 1. The maximum Gasteiger partial charge on any atom is 0.345 e. The Labute approximate surface area is 174 Å². The summed E-state index contributed by atoms with van der Waals surface area (Å²) in [6.07, 6.45) is 4.55. The van der Waals surface area contributed by atoms with Crippen molar-refractivity contribution in [2.75, 3.05) is 14.2 Å². The van der Waals surface area contributed by atoms with Crippen LogP contribution in [-0.2, 0) is 9.53 Å². The van der Waals surface area contributed by atoms with Gasteiger partial charge in [0.2, 0.25) is 0 Å². The van der Waals surface area contributed by atoms with Crippen LogP contribution in [0.2, 0.25) is 0 Å². The first kappa shape index (κ1) is 21.0. The summed E-state index contributed by atoms with van der Waals surface area (Å²) in [7, 11) is 2.78. The molecule has 0 saturated carbocycles. The minimum absolute atomic E-state index is 0.156. The maximum absolute atomic E-state index is 12.8. The van der Waals surface area contributed by atoms with E-state index in [1.165, 1.54) is 20.3 Å². The topological polar surface area (TPSA) is 92.5 Å². The zero-order chi connectivity index (χ0) is 21.8. The lowest BCUT2D eigenvalue weighted by Crippen LogP contribution is -2.12. The number of nitrogens with zero attached hydrogens (tertiary/aromatic N) is 3. The molecule has 0 aliphatic heterocycles. The average Bonchev–Trinajstić information content (AvgIpc) is 3.14. The van der Waals surface area contributed by atoms with Gasteiger partial charge in [0.05, 0.1) is 31.7 Å². The molecule has 0 unspecified atom stereocenters. The van der Waals surface area contributed by atoms with E-state index in [1.54, 1.807) is 48.1 Å². The van der Waals surface area contributed by atoms with Crippen molar-refractivity contribution in [2.45, 2.75) is 26.8 Å². The lowest BCUT2D eigenvalue weighted by Gasteiger charge is -2.12. The predicted molar refractivity (Wildman–Crippen MR) is 112 cm³/mol. The third-order valence-corrected chi connectivity index (χ3v) is 4.47. The van der Waals surface area contributed by atoms with E-state index < -0.39 is 11.9 Å². The van der Waals surface area contributed by atoms with Gasteiger partial charge in [-0.05, 0) is 50.6 Å². The molecule has 3 aromatic rings. The van der Waals surface area contributed by atoms with Crippen molar-refractivity contribution in [3.8, 4) is 11.5 Å². The van der Waals surface area contributed by atoms with Crippen molar-refractivity contribution < 1.29 is 23.8 Å². The number of aryl methyl sites for hydroxylation is 1. The monoisotopic (exact) mass is 409 g/mol. The number of fused-ring (bicyclic) bond motifs is 1. The summed E-state index contributed by atoms with van der Waals surface area (Å²) < 4.78 is 17.3. The quantitative estimate of drug-likeness (QED) is 0.348. The molecule has 0 saturated heterocycles. The van der Waals surface area contributed by atoms with Gasteiger partial charge in [-0.3, -0.25) is 0 Å². The molecule has 0 radical (unpaired) electrons. The second kappa shape index (κ2) is 8.77. The van der Waals surface area contributed by atoms with Crippen LogP contribution in [0, 0.1) is 6.92 Å². The van der Waals surface area contributed by atoms with Crippen molar-refractivity contribution in [3.05, 3.63) is 53.4 Å². The van der Waals surface area contributed by atoms with Crippen LogP contribution in [0.4, 0.5) is 0 Å². The van der Waals surface area contributed by atoms with E-state index in [0.717, 1.165) is 11.0 Å². The van der Waals surface area contributed by atoms with Crippen molar-refractivity contribution in [1.29, 1.82) is 0 Å². The van der Waals surface area contributed by atoms with Gasteiger partial charge in [0.25, 0.3) is 0 Å². The zero-order valence-corrected chi connectivity index (χ0v) is 17.5. The standard InChI is InChI=1S/C22H23N3O5/c1-13(2)25-21-16(12-23-25)11-17(14(3)24-21)22(27)30-18-8-6-15(10-19(18)28-4)7-9-20(26)29-5/h6-13H,1-5H3/b9-7+. The van der Waals surface area contributed by atoms with Gasteiger partial charge < -0.3 is 14.2 Å². The number of benzene rings is 1. The van der Waals surface area contributed by atoms with Crippen LogP contribution in [0.3, 0.4) is 0 Å². The van der Waals surface area contributed by atoms with Crippen molar-refractivity contribution in [2.24, 2.45) is 0 Å². The van der Waals surface area contributed by atoms with E-state index >= 15 is 0 Å². The number of carbonyl (C=O) groups excluding carboxylic acids is 2. The Morgan fingerprint density at radius 3 is 2.57 bits per heavy atom. The molecule has 2 heterocycles. The largest absolute Gasteiger partial charge is 0.493 e. The van der Waals surface area contributed by atoms with E-state index in [4.69, 9.17) is 9.47 Å². The van der Waals surface area contributed by atoms with Gasteiger partial charge in [0, 0.05) is 17.5 Å². The van der Waals surface area contributed by atoms with Gasteiger partial charge in [-0.1, -0.05) is 6.07 Å². The van der Waals surface area contributed by atoms with Crippen molar-refractivity contribution >= 4 is 29.0 Å². The molecular formula is C22H23N3O5. The number of methoxy groups -OCH3 is 2. The summed E-state index contributed by atoms with van der Waals surface area (Å²) in [6.45, 7) is 5.79. The van der Waals surface area contributed by atoms with Crippen molar-refractivity contribution in [3.63, 3.8) is 0 Å². The van der Waals surface area contributed by atoms with Crippen LogP contribution in [0.5, 0.6) is 11.5 Å². The molecule has 8 heteroatoms. The van der Waals surface area contributed by atoms with Gasteiger partial charge in [0.1, 0.15) is 0 Å². The highest BCUT2D eigenvalue weighted by Gasteiger charge is 2.18. The number of carbonyl (C=O) groups is 2. The lowest BCUT2D eigenvalue weighted by molar-refractivity contribution is -0.134. The van der Waals surface area contributed by atoms with E-state index in [0.29, 0.717) is 22.6 Å². The first-order valence-electron chi connectivity index (χ1n) is 9.35. The van der Waals surface area contributed by atoms with Gasteiger partial charge in [-0.2, -0.15) is 5.10 Å². The Morgan fingerprint density at radius 2 is 1.90 bits per heavy atom. The van der Waals surface area contributed by atoms with Gasteiger partial charge in [-0.25, -0.2) is 19.3 Å². The highest BCUT2D eigenvalue weighted by Crippen LogP contribution is 2.30. The summed E-state index contributed by atoms with van der Waals surface area (Å²) in [6, 6.07) is 6.84. The fourth-order valence-electron chi connectivity index (χ4n) is 2.91. The van der Waals surface area contributed by atoms with Crippen LogP contribution >= 0.6 is 0 Å². The fourth-order valence-corrected chi connectivity index (χ4v) is 2.91. The maximum atomic E-state index is 12.8. The molecule has 0 aliphatic carbocycles. The molecule has 156 valence electrons. The van der Waals surface area contributed by atoms with Gasteiger partial charge in [-0.15, -0.1) is 0 Å². The van der Waals surface area contributed by atoms with Crippen LogP contribution in [-0.4, -0.2) is 40.9 Å². The molecule has 0 fully saturated rings. The highest BCUT2D eigenvalue weighted by molar-refractivity contribution is 5.96. The van der Waals surface area contributed by atoms with Gasteiger partial charge >= 0.3 is 11.9 Å². The van der Waals surface area contributed by atoms with E-state index in [2.05, 4.69) is 14.8 Å². The summed E-state index contributed by atoms with van der Waals surface area (Å²) in [5.74, 6) is -0.399. The number of ether oxygens (including phenoxy) is 3. The lowest BCUT2D eigenvalue weighted by atomic mass is 10.1. The minimum Gasteiger partial charge on any atom is -0.493 e. The molecule has 2 aromatic heterocycles. The summed E-state index contributed by atoms with van der Waals surface area (Å²) in [5.41, 5.74) is 2.31. The Balaban J connectivity index is 1.87.